The molecule has 3 rings (SSSR count). The molecule has 152 valence electrons. The quantitative estimate of drug-likeness (QED) is 0.697. The van der Waals surface area contributed by atoms with E-state index in [4.69, 9.17) is 4.74 Å². The lowest BCUT2D eigenvalue weighted by molar-refractivity contribution is -0.135. The van der Waals surface area contributed by atoms with Crippen molar-refractivity contribution in [3.63, 3.8) is 0 Å². The third-order valence-corrected chi connectivity index (χ3v) is 5.25. The molecule has 0 radical (unpaired) electrons. The summed E-state index contributed by atoms with van der Waals surface area (Å²) in [5.41, 5.74) is 0.597. The van der Waals surface area contributed by atoms with Gasteiger partial charge in [0.05, 0.1) is 13.2 Å². The van der Waals surface area contributed by atoms with E-state index in [1.54, 1.807) is 6.92 Å². The van der Waals surface area contributed by atoms with Crippen LogP contribution in [-0.4, -0.2) is 73.1 Å². The number of nitrogens with zero attached hydrogens (tertiary/aromatic N) is 2. The van der Waals surface area contributed by atoms with E-state index in [9.17, 15) is 14.4 Å². The largest absolute Gasteiger partial charge is 0.379 e. The molecule has 0 saturated carbocycles. The Morgan fingerprint density at radius 3 is 2.54 bits per heavy atom. The van der Waals surface area contributed by atoms with Crippen LogP contribution >= 0.6 is 0 Å². The molecule has 0 aromatic heterocycles. The van der Waals surface area contributed by atoms with Crippen LogP contribution in [0.1, 0.15) is 25.0 Å². The van der Waals surface area contributed by atoms with E-state index >= 15 is 0 Å². The number of nitrogens with one attached hydrogen (secondary N) is 2. The van der Waals surface area contributed by atoms with E-state index in [2.05, 4.69) is 15.5 Å². The molecule has 1 aromatic rings. The van der Waals surface area contributed by atoms with Crippen LogP contribution in [0.2, 0.25) is 0 Å². The first kappa shape index (κ1) is 20.3. The van der Waals surface area contributed by atoms with Crippen molar-refractivity contribution in [2.24, 2.45) is 0 Å². The van der Waals surface area contributed by atoms with Crippen LogP contribution in [0, 0.1) is 6.92 Å². The maximum absolute atomic E-state index is 12.9. The Hall–Kier alpha value is -2.45. The molecule has 1 aromatic carbocycles. The minimum atomic E-state index is -1.16. The average Bonchev–Trinajstić information content (AvgIpc) is 2.87. The van der Waals surface area contributed by atoms with Crippen LogP contribution < -0.4 is 10.6 Å². The Balaban J connectivity index is 1.59. The smallest absolute Gasteiger partial charge is 0.325 e. The highest BCUT2D eigenvalue weighted by Crippen LogP contribution is 2.28. The maximum atomic E-state index is 12.9. The number of aryl methyl sites for hydroxylation is 1. The van der Waals surface area contributed by atoms with Crippen molar-refractivity contribution in [1.82, 2.24) is 20.4 Å². The third-order valence-electron chi connectivity index (χ3n) is 5.25. The molecule has 0 aliphatic carbocycles. The second-order valence-corrected chi connectivity index (χ2v) is 7.69. The summed E-state index contributed by atoms with van der Waals surface area (Å²) in [6.45, 7) is 9.00. The first-order valence-electron chi connectivity index (χ1n) is 9.60. The van der Waals surface area contributed by atoms with Crippen LogP contribution in [0.15, 0.2) is 24.3 Å². The fourth-order valence-electron chi connectivity index (χ4n) is 3.60. The Morgan fingerprint density at radius 2 is 1.89 bits per heavy atom. The Labute approximate surface area is 165 Å². The zero-order valence-corrected chi connectivity index (χ0v) is 16.7. The number of hydrogen-bond acceptors (Lipinski definition) is 5. The molecule has 2 fully saturated rings. The molecule has 2 heterocycles. The summed E-state index contributed by atoms with van der Waals surface area (Å²) in [7, 11) is 0. The summed E-state index contributed by atoms with van der Waals surface area (Å²) in [6.07, 6.45) is 0. The second-order valence-electron chi connectivity index (χ2n) is 7.69. The lowest BCUT2D eigenvalue weighted by atomic mass is 9.91. The van der Waals surface area contributed by atoms with Gasteiger partial charge in [-0.25, -0.2) is 4.79 Å². The second kappa shape index (κ2) is 8.28. The number of benzene rings is 1. The molecule has 0 bridgehead atoms. The third kappa shape index (κ3) is 4.34. The fourth-order valence-corrected chi connectivity index (χ4v) is 3.60. The summed E-state index contributed by atoms with van der Waals surface area (Å²) in [5, 5.41) is 5.60. The van der Waals surface area contributed by atoms with Crippen LogP contribution in [0.3, 0.4) is 0 Å². The molecule has 8 heteroatoms. The van der Waals surface area contributed by atoms with Gasteiger partial charge in [-0.15, -0.1) is 0 Å². The monoisotopic (exact) mass is 388 g/mol. The predicted octanol–water partition coefficient (Wildman–Crippen LogP) is 0.599. The molecule has 2 aliphatic heterocycles. The number of hydrogen-bond donors (Lipinski definition) is 2. The number of amides is 4. The minimum absolute atomic E-state index is 0.0881. The summed E-state index contributed by atoms with van der Waals surface area (Å²) in [6, 6.07) is 6.79. The van der Waals surface area contributed by atoms with Gasteiger partial charge in [0.1, 0.15) is 12.1 Å². The van der Waals surface area contributed by atoms with E-state index in [0.717, 1.165) is 23.6 Å². The SMILES string of the molecule is Cc1ccc(C2(C)NC(=O)N(CC(=O)NC(C)CN3CCOCC3)C2=O)cc1. The molecule has 2 unspecified atom stereocenters. The Bertz CT molecular complexity index is 745. The number of imide groups is 1. The van der Waals surface area contributed by atoms with Crippen LogP contribution in [0.4, 0.5) is 4.79 Å². The van der Waals surface area contributed by atoms with Gasteiger partial charge < -0.3 is 15.4 Å². The van der Waals surface area contributed by atoms with Crippen molar-refractivity contribution in [3.8, 4) is 0 Å². The summed E-state index contributed by atoms with van der Waals surface area (Å²) < 4.78 is 5.32. The van der Waals surface area contributed by atoms with Crippen molar-refractivity contribution in [2.45, 2.75) is 32.4 Å². The van der Waals surface area contributed by atoms with E-state index < -0.39 is 17.5 Å². The molecule has 8 nitrogen and oxygen atoms in total. The molecule has 2 N–H and O–H groups in total. The molecule has 0 spiro atoms. The van der Waals surface area contributed by atoms with Gasteiger partial charge >= 0.3 is 6.03 Å². The van der Waals surface area contributed by atoms with Gasteiger partial charge in [-0.2, -0.15) is 0 Å². The highest BCUT2D eigenvalue weighted by atomic mass is 16.5. The number of ether oxygens (including phenoxy) is 1. The lowest BCUT2D eigenvalue weighted by Gasteiger charge is -2.29. The summed E-state index contributed by atoms with van der Waals surface area (Å²) in [5.74, 6) is -0.769. The number of carbonyl (C=O) groups is 3. The normalized spacial score (nSPS) is 24.2. The number of urea groups is 1. The zero-order valence-electron chi connectivity index (χ0n) is 16.7. The summed E-state index contributed by atoms with van der Waals surface area (Å²) in [4.78, 5) is 40.9. The highest BCUT2D eigenvalue weighted by Gasteiger charge is 2.49. The number of morpholine rings is 1. The van der Waals surface area contributed by atoms with Gasteiger partial charge in [0.15, 0.2) is 0 Å². The average molecular weight is 388 g/mol. The van der Waals surface area contributed by atoms with Gasteiger partial charge in [0.2, 0.25) is 5.91 Å². The van der Waals surface area contributed by atoms with Crippen molar-refractivity contribution < 1.29 is 19.1 Å². The predicted molar refractivity (Wildman–Crippen MR) is 104 cm³/mol. The summed E-state index contributed by atoms with van der Waals surface area (Å²) >= 11 is 0. The maximum Gasteiger partial charge on any atom is 0.325 e. The minimum Gasteiger partial charge on any atom is -0.379 e. The zero-order chi connectivity index (χ0) is 20.3. The molecular formula is C20H28N4O4. The van der Waals surface area contributed by atoms with Crippen molar-refractivity contribution in [2.75, 3.05) is 39.4 Å². The Morgan fingerprint density at radius 1 is 1.25 bits per heavy atom. The van der Waals surface area contributed by atoms with E-state index in [1.165, 1.54) is 0 Å². The van der Waals surface area contributed by atoms with Crippen LogP contribution in [-0.2, 0) is 19.9 Å². The first-order valence-corrected chi connectivity index (χ1v) is 9.60. The first-order chi connectivity index (χ1) is 13.3. The molecule has 28 heavy (non-hydrogen) atoms. The topological polar surface area (TPSA) is 91.0 Å². The van der Waals surface area contributed by atoms with E-state index in [-0.39, 0.29) is 18.5 Å². The van der Waals surface area contributed by atoms with Gasteiger partial charge in [-0.1, -0.05) is 29.8 Å². The number of carbonyl (C=O) groups excluding carboxylic acids is 3. The van der Waals surface area contributed by atoms with Gasteiger partial charge in [-0.3, -0.25) is 19.4 Å². The lowest BCUT2D eigenvalue weighted by Crippen LogP contribution is -2.49. The van der Waals surface area contributed by atoms with Crippen molar-refractivity contribution in [1.29, 1.82) is 0 Å². The number of rotatable bonds is 6. The Kier molecular flexibility index (Phi) is 6.00. The molecular weight excluding hydrogens is 360 g/mol. The van der Waals surface area contributed by atoms with Crippen molar-refractivity contribution in [3.05, 3.63) is 35.4 Å². The van der Waals surface area contributed by atoms with Crippen LogP contribution in [0.5, 0.6) is 0 Å². The fraction of sp³-hybridized carbons (Fsp3) is 0.550. The molecule has 2 aliphatic rings. The highest BCUT2D eigenvalue weighted by molar-refractivity contribution is 6.09. The van der Waals surface area contributed by atoms with Crippen LogP contribution in [0.25, 0.3) is 0 Å². The van der Waals surface area contributed by atoms with Gasteiger partial charge in [0, 0.05) is 25.7 Å². The van der Waals surface area contributed by atoms with Crippen molar-refractivity contribution >= 4 is 17.8 Å². The molecule has 4 amide bonds. The molecule has 2 atom stereocenters. The molecule has 2 saturated heterocycles. The van der Waals surface area contributed by atoms with Gasteiger partial charge in [0.25, 0.3) is 5.91 Å². The van der Waals surface area contributed by atoms with E-state index in [0.29, 0.717) is 25.3 Å². The van der Waals surface area contributed by atoms with E-state index in [1.807, 2.05) is 38.1 Å². The van der Waals surface area contributed by atoms with Gasteiger partial charge in [-0.05, 0) is 26.3 Å². The standard InChI is InChI=1S/C20H28N4O4/c1-14-4-6-16(7-5-14)20(3)18(26)24(19(27)22-20)13-17(25)21-15(2)12-23-8-10-28-11-9-23/h4-7,15H,8-13H2,1-3H3,(H,21,25)(H,22,27).